The van der Waals surface area contributed by atoms with Gasteiger partial charge in [0.05, 0.1) is 0 Å². The normalized spacial score (nSPS) is 12.6. The third kappa shape index (κ3) is 10.5. The second-order valence-electron chi connectivity index (χ2n) is 12.3. The Hall–Kier alpha value is -4.13. The molecule has 236 valence electrons. The average molecular weight is 600 g/mol. The molecule has 0 aliphatic rings. The zero-order valence-electron chi connectivity index (χ0n) is 27.2. The lowest BCUT2D eigenvalue weighted by Crippen LogP contribution is -2.53. The maximum absolute atomic E-state index is 14.6. The van der Waals surface area contributed by atoms with Crippen molar-refractivity contribution in [1.82, 2.24) is 10.2 Å². The van der Waals surface area contributed by atoms with Crippen molar-refractivity contribution in [3.63, 3.8) is 0 Å². The van der Waals surface area contributed by atoms with Gasteiger partial charge in [0.1, 0.15) is 17.7 Å². The second-order valence-corrected chi connectivity index (χ2v) is 12.3. The highest BCUT2D eigenvalue weighted by atomic mass is 16.6. The van der Waals surface area contributed by atoms with Crippen LogP contribution in [0.3, 0.4) is 0 Å². The Kier molecular flexibility index (Phi) is 13.0. The van der Waals surface area contributed by atoms with Crippen molar-refractivity contribution < 1.29 is 19.1 Å². The summed E-state index contributed by atoms with van der Waals surface area (Å²) in [6.07, 6.45) is 4.16. The number of carbonyl (C=O) groups is 3. The van der Waals surface area contributed by atoms with E-state index in [0.29, 0.717) is 17.8 Å². The lowest BCUT2D eigenvalue weighted by Gasteiger charge is -2.35. The summed E-state index contributed by atoms with van der Waals surface area (Å²) in [6, 6.07) is 23.2. The minimum Gasteiger partial charge on any atom is -0.444 e. The molecule has 3 rings (SSSR count). The Balaban J connectivity index is 2.07. The predicted octanol–water partition coefficient (Wildman–Crippen LogP) is 7.78. The van der Waals surface area contributed by atoms with E-state index in [-0.39, 0.29) is 18.2 Å². The molecule has 0 heterocycles. The van der Waals surface area contributed by atoms with E-state index in [0.717, 1.165) is 48.8 Å². The predicted molar refractivity (Wildman–Crippen MR) is 178 cm³/mol. The Morgan fingerprint density at radius 1 is 0.818 bits per heavy atom. The third-order valence-corrected chi connectivity index (χ3v) is 7.47. The second kappa shape index (κ2) is 16.6. The van der Waals surface area contributed by atoms with Gasteiger partial charge < -0.3 is 20.3 Å². The molecule has 0 aromatic heterocycles. The molecule has 0 fully saturated rings. The van der Waals surface area contributed by atoms with Crippen LogP contribution in [-0.4, -0.2) is 41.0 Å². The smallest absolute Gasteiger partial charge is 0.408 e. The number of anilines is 1. The van der Waals surface area contributed by atoms with E-state index < -0.39 is 23.8 Å². The Morgan fingerprint density at radius 3 is 2.09 bits per heavy atom. The van der Waals surface area contributed by atoms with E-state index in [1.54, 1.807) is 25.7 Å². The number of rotatable bonds is 14. The number of hydrogen-bond acceptors (Lipinski definition) is 4. The van der Waals surface area contributed by atoms with Crippen molar-refractivity contribution in [2.75, 3.05) is 11.9 Å². The van der Waals surface area contributed by atoms with E-state index in [1.807, 2.05) is 85.8 Å². The lowest BCUT2D eigenvalue weighted by molar-refractivity contribution is -0.140. The molecule has 0 saturated heterocycles. The molecular formula is C37H49N3O4. The quantitative estimate of drug-likeness (QED) is 0.185. The van der Waals surface area contributed by atoms with Gasteiger partial charge in [0.15, 0.2) is 0 Å². The molecule has 3 amide bonds. The van der Waals surface area contributed by atoms with E-state index in [4.69, 9.17) is 4.74 Å². The van der Waals surface area contributed by atoms with Gasteiger partial charge in [0, 0.05) is 18.7 Å². The number of benzene rings is 3. The van der Waals surface area contributed by atoms with Crippen molar-refractivity contribution in [1.29, 1.82) is 0 Å². The van der Waals surface area contributed by atoms with E-state index in [9.17, 15) is 14.4 Å². The van der Waals surface area contributed by atoms with Gasteiger partial charge in [-0.15, -0.1) is 0 Å². The van der Waals surface area contributed by atoms with Crippen LogP contribution < -0.4 is 10.6 Å². The molecule has 0 radical (unpaired) electrons. The number of alkyl carbamates (subject to hydrolysis) is 1. The minimum atomic E-state index is -0.942. The molecule has 0 saturated carbocycles. The number of nitrogens with one attached hydrogen (secondary N) is 2. The molecule has 3 aromatic carbocycles. The molecule has 2 N–H and O–H groups in total. The Bertz CT molecular complexity index is 1350. The van der Waals surface area contributed by atoms with Crippen LogP contribution in [0.25, 0.3) is 0 Å². The molecule has 0 aliphatic heterocycles. The van der Waals surface area contributed by atoms with Gasteiger partial charge in [-0.25, -0.2) is 4.79 Å². The first kappa shape index (κ1) is 34.4. The van der Waals surface area contributed by atoms with Crippen molar-refractivity contribution in [3.05, 3.63) is 101 Å². The fourth-order valence-electron chi connectivity index (χ4n) is 5.10. The Morgan fingerprint density at radius 2 is 1.48 bits per heavy atom. The highest BCUT2D eigenvalue weighted by Crippen LogP contribution is 2.27. The van der Waals surface area contributed by atoms with E-state index >= 15 is 0 Å². The minimum absolute atomic E-state index is 0.255. The molecule has 0 bridgehead atoms. The van der Waals surface area contributed by atoms with Crippen molar-refractivity contribution in [2.45, 2.75) is 97.8 Å². The molecule has 0 spiro atoms. The number of carbonyl (C=O) groups excluding carboxylic acids is 3. The molecule has 3 aromatic rings. The molecular weight excluding hydrogens is 550 g/mol. The fraction of sp³-hybridized carbons (Fsp3) is 0.432. The van der Waals surface area contributed by atoms with Gasteiger partial charge in [-0.2, -0.15) is 0 Å². The van der Waals surface area contributed by atoms with Crippen molar-refractivity contribution in [2.24, 2.45) is 0 Å². The summed E-state index contributed by atoms with van der Waals surface area (Å²) in [6.45, 7) is 11.9. The maximum Gasteiger partial charge on any atom is 0.408 e. The molecule has 0 aliphatic carbocycles. The van der Waals surface area contributed by atoms with Crippen LogP contribution in [0.5, 0.6) is 0 Å². The average Bonchev–Trinajstić information content (AvgIpc) is 2.99. The molecule has 2 unspecified atom stereocenters. The van der Waals surface area contributed by atoms with Crippen LogP contribution in [0.1, 0.15) is 88.6 Å². The monoisotopic (exact) mass is 599 g/mol. The summed E-state index contributed by atoms with van der Waals surface area (Å²) in [5, 5.41) is 5.93. The van der Waals surface area contributed by atoms with Crippen molar-refractivity contribution >= 4 is 23.6 Å². The van der Waals surface area contributed by atoms with Crippen LogP contribution in [0.15, 0.2) is 78.9 Å². The number of hydrogen-bond donors (Lipinski definition) is 2. The molecule has 7 heteroatoms. The largest absolute Gasteiger partial charge is 0.444 e. The van der Waals surface area contributed by atoms with E-state index in [1.165, 1.54) is 0 Å². The van der Waals surface area contributed by atoms with Gasteiger partial charge in [0.2, 0.25) is 5.91 Å². The fourth-order valence-corrected chi connectivity index (χ4v) is 5.10. The van der Waals surface area contributed by atoms with Crippen molar-refractivity contribution in [3.8, 4) is 0 Å². The highest BCUT2D eigenvalue weighted by molar-refractivity contribution is 5.99. The lowest BCUT2D eigenvalue weighted by atomic mass is 9.98. The first-order valence-corrected chi connectivity index (χ1v) is 15.8. The highest BCUT2D eigenvalue weighted by Gasteiger charge is 2.36. The number of aryl methyl sites for hydroxylation is 2. The van der Waals surface area contributed by atoms with Gasteiger partial charge in [-0.05, 0) is 68.9 Å². The number of para-hydroxylation sites is 1. The topological polar surface area (TPSA) is 87.7 Å². The van der Waals surface area contributed by atoms with Gasteiger partial charge in [0.25, 0.3) is 5.91 Å². The van der Waals surface area contributed by atoms with Gasteiger partial charge >= 0.3 is 6.09 Å². The summed E-state index contributed by atoms with van der Waals surface area (Å²) in [5.41, 5.74) is 3.63. The van der Waals surface area contributed by atoms with Gasteiger partial charge in [-0.1, -0.05) is 106 Å². The third-order valence-electron chi connectivity index (χ3n) is 7.47. The van der Waals surface area contributed by atoms with Crippen LogP contribution in [0.2, 0.25) is 0 Å². The number of ether oxygens (including phenoxy) is 1. The standard InChI is InChI=1S/C37H49N3O4/c1-7-9-10-16-25-40(35(42)32(26-29-18-12-11-13-19-29)39-36(43)44-37(4,5)6)33(30-23-21-28(8-2)22-24-30)34(41)38-31-20-15-14-17-27(31)3/h11-15,17-24,32-33H,7-10,16,25-26H2,1-6H3,(H,38,41)(H,39,43). The zero-order chi connectivity index (χ0) is 32.1. The molecule has 7 nitrogen and oxygen atoms in total. The summed E-state index contributed by atoms with van der Waals surface area (Å²) in [7, 11) is 0. The number of unbranched alkanes of at least 4 members (excludes halogenated alkanes) is 3. The van der Waals surface area contributed by atoms with Crippen LogP contribution >= 0.6 is 0 Å². The van der Waals surface area contributed by atoms with Gasteiger partial charge in [-0.3, -0.25) is 9.59 Å². The Labute approximate surface area is 263 Å². The number of amides is 3. The van der Waals surface area contributed by atoms with Crippen LogP contribution in [0.4, 0.5) is 10.5 Å². The van der Waals surface area contributed by atoms with Crippen LogP contribution in [0, 0.1) is 6.92 Å². The molecule has 2 atom stereocenters. The van der Waals surface area contributed by atoms with Crippen LogP contribution in [-0.2, 0) is 27.2 Å². The molecule has 44 heavy (non-hydrogen) atoms. The first-order valence-electron chi connectivity index (χ1n) is 15.8. The maximum atomic E-state index is 14.6. The summed E-state index contributed by atoms with van der Waals surface area (Å²) >= 11 is 0. The summed E-state index contributed by atoms with van der Waals surface area (Å²) in [5.74, 6) is -0.635. The van der Waals surface area contributed by atoms with E-state index in [2.05, 4.69) is 24.5 Å². The zero-order valence-corrected chi connectivity index (χ0v) is 27.2. The summed E-state index contributed by atoms with van der Waals surface area (Å²) in [4.78, 5) is 43.6. The number of nitrogens with zero attached hydrogens (tertiary/aromatic N) is 1. The summed E-state index contributed by atoms with van der Waals surface area (Å²) < 4.78 is 5.56. The SMILES string of the molecule is CCCCCCN(C(=O)C(Cc1ccccc1)NC(=O)OC(C)(C)C)C(C(=O)Nc1ccccc1C)c1ccc(CC)cc1. The first-order chi connectivity index (χ1) is 21.0.